The van der Waals surface area contributed by atoms with Crippen LogP contribution in [0.15, 0.2) is 54.6 Å². The van der Waals surface area contributed by atoms with Gasteiger partial charge in [-0.25, -0.2) is 4.58 Å². The van der Waals surface area contributed by atoms with Gasteiger partial charge >= 0.3 is 30.2 Å². The Hall–Kier alpha value is -9.09. The van der Waals surface area contributed by atoms with Crippen molar-refractivity contribution in [2.24, 2.45) is 17.4 Å². The van der Waals surface area contributed by atoms with Crippen LogP contribution < -0.4 is 73.9 Å². The molecule has 26 N–H and O–H groups in total. The molecule has 2 aromatic carbocycles. The summed E-state index contributed by atoms with van der Waals surface area (Å²) in [4.78, 5) is 120. The highest BCUT2D eigenvalue weighted by molar-refractivity contribution is 5.98. The number of amides is 6. The molecule has 8 rings (SSSR count). The van der Waals surface area contributed by atoms with Crippen molar-refractivity contribution in [3.63, 3.8) is 0 Å². The molecule has 6 amide bonds. The van der Waals surface area contributed by atoms with Gasteiger partial charge in [-0.15, -0.1) is 0 Å². The number of rotatable bonds is 20. The first-order valence-electron chi connectivity index (χ1n) is 33.8. The Morgan fingerprint density at radius 2 is 1.13 bits per heavy atom. The summed E-state index contributed by atoms with van der Waals surface area (Å²) < 4.78 is 98.2. The second kappa shape index (κ2) is 39.9. The van der Waals surface area contributed by atoms with Crippen molar-refractivity contribution >= 4 is 65.3 Å². The molecule has 111 heavy (non-hydrogen) atoms. The van der Waals surface area contributed by atoms with Crippen molar-refractivity contribution in [1.29, 1.82) is 0 Å². The predicted molar refractivity (Wildman–Crippen MR) is 346 cm³/mol. The molecule has 0 spiro atoms. The first-order valence-corrected chi connectivity index (χ1v) is 33.8. The maximum Gasteiger partial charge on any atom is 0.430 e. The Morgan fingerprint density at radius 3 is 1.68 bits per heavy atom. The fourth-order valence-electron chi connectivity index (χ4n) is 12.0. The lowest BCUT2D eigenvalue weighted by Gasteiger charge is -2.46. The summed E-state index contributed by atoms with van der Waals surface area (Å²) in [6.45, 7) is -0.303. The summed E-state index contributed by atoms with van der Waals surface area (Å²) >= 11 is 0. The fourth-order valence-corrected chi connectivity index (χ4v) is 12.0. The highest BCUT2D eigenvalue weighted by Gasteiger charge is 2.55. The minimum Gasteiger partial charge on any atom is -0.542 e. The van der Waals surface area contributed by atoms with Crippen LogP contribution in [0.3, 0.4) is 0 Å². The Balaban J connectivity index is 0.00000125. The summed E-state index contributed by atoms with van der Waals surface area (Å²) in [7, 11) is 0. The van der Waals surface area contributed by atoms with Gasteiger partial charge < -0.3 is 147 Å². The number of aliphatic hydroxyl groups is 13. The molecule has 0 aromatic heterocycles. The maximum absolute atomic E-state index is 15.2. The van der Waals surface area contributed by atoms with E-state index >= 15 is 9.59 Å². The Morgan fingerprint density at radius 1 is 0.586 bits per heavy atom. The molecule has 0 bridgehead atoms. The third-order valence-electron chi connectivity index (χ3n) is 17.9. The summed E-state index contributed by atoms with van der Waals surface area (Å²) in [6.07, 6.45) is -42.1. The van der Waals surface area contributed by atoms with Crippen molar-refractivity contribution in [1.82, 2.24) is 42.5 Å². The van der Waals surface area contributed by atoms with E-state index in [-0.39, 0.29) is 42.1 Å². The zero-order valence-corrected chi connectivity index (χ0v) is 58.7. The van der Waals surface area contributed by atoms with Crippen LogP contribution in [0.25, 0.3) is 0 Å². The molecule has 0 aliphatic carbocycles. The van der Waals surface area contributed by atoms with E-state index in [4.69, 9.17) is 59.7 Å². The normalized spacial score (nSPS) is 32.8. The number of nitrogens with two attached hydrogens (primary N) is 2. The number of aliphatic carboxylic acids is 2. The monoisotopic (exact) mass is 1610 g/mol. The van der Waals surface area contributed by atoms with Gasteiger partial charge in [-0.05, 0) is 29.2 Å². The third kappa shape index (κ3) is 23.7. The van der Waals surface area contributed by atoms with Crippen LogP contribution in [-0.2, 0) is 73.3 Å². The van der Waals surface area contributed by atoms with Gasteiger partial charge in [0.05, 0.1) is 39.5 Å². The van der Waals surface area contributed by atoms with Crippen molar-refractivity contribution < 1.29 is 184 Å². The second-order valence-electron chi connectivity index (χ2n) is 26.3. The third-order valence-corrected chi connectivity index (χ3v) is 17.9. The van der Waals surface area contributed by atoms with Crippen LogP contribution in [0.4, 0.5) is 26.3 Å². The van der Waals surface area contributed by atoms with Crippen molar-refractivity contribution in [3.05, 3.63) is 65.7 Å². The lowest BCUT2D eigenvalue weighted by Crippen LogP contribution is -2.84. The minimum atomic E-state index is -5.19. The standard InChI is InChI=1S/C59H86N12O26.2C2HF3O2/c1-22(2)13-35(77)96-49-42(81)32(20-74)94-57(47(49)86)97-48-33(21-75)95-56(46(85)44(48)83)92-26-11-9-24(10-12-26)14-27-51(88)69-37(39(78)28-15-63-58(60)67-28)54(91)70-38(40(79)30-16-64-59(61)71(30)55-45(84)43(82)41(80)31(19-73)93-55)53(90)66-29(18-72)50(87)62-17-34(76)68-36(52(89)65-27)23(3)25-7-5-4-6-8-25;2*3-2(4,5)1(6)7/h4-12,22-23,27-33,36-49,55-57,72-75,78-86H,13-21H2,1-3H3,(H11,60,61,62,63,64,65,66,67,68,69,70,76,87,88,89,90,91);2*(H,6,7)/t23-,27+,28-,29-,30-,31+,32+,33+,36-,37-,38+,39-,40-,41+,42+,43-,44+,45-,46-,47-,48+,49-,55-,56-,57+;;/m0../s1. The summed E-state index contributed by atoms with van der Waals surface area (Å²) in [6, 6.07) is 0.989. The van der Waals surface area contributed by atoms with Gasteiger partial charge in [0.25, 0.3) is 0 Å². The second-order valence-corrected chi connectivity index (χ2v) is 26.3. The van der Waals surface area contributed by atoms with Gasteiger partial charge in [-0.3, -0.25) is 60.7 Å². The number of hydrogen-bond acceptors (Lipinski definition) is 34. The number of carbonyl (C=O) groups excluding carboxylic acids is 9. The van der Waals surface area contributed by atoms with Gasteiger partial charge in [-0.2, -0.15) is 26.3 Å². The van der Waals surface area contributed by atoms with Crippen LogP contribution in [0, 0.1) is 5.92 Å². The van der Waals surface area contributed by atoms with Crippen molar-refractivity contribution in [2.75, 3.05) is 46.1 Å². The topological polar surface area (TPSA) is 683 Å². The number of guanidine groups is 2. The number of nitrogens with one attached hydrogen (secondary N) is 9. The number of carboxylic acid groups (broad SMARTS) is 2. The molecule has 6 aliphatic heterocycles. The van der Waals surface area contributed by atoms with E-state index in [1.807, 2.05) is 0 Å². The number of alkyl halides is 6. The first kappa shape index (κ1) is 90.8. The van der Waals surface area contributed by atoms with E-state index in [9.17, 15) is 117 Å². The van der Waals surface area contributed by atoms with E-state index in [1.54, 1.807) is 51.1 Å². The number of hydrogen-bond donors (Lipinski definition) is 24. The van der Waals surface area contributed by atoms with E-state index in [0.29, 0.717) is 5.56 Å². The van der Waals surface area contributed by atoms with Gasteiger partial charge in [0, 0.05) is 18.8 Å². The smallest absolute Gasteiger partial charge is 0.430 e. The molecule has 0 radical (unpaired) electrons. The molecule has 25 atom stereocenters. The molecular weight excluding hydrogens is 1520 g/mol. The average Bonchev–Trinajstić information content (AvgIpc) is 1.07. The summed E-state index contributed by atoms with van der Waals surface area (Å²) in [5, 5.41) is 180. The minimum absolute atomic E-state index is 0.0809. The zero-order chi connectivity index (χ0) is 83.0. The lowest BCUT2D eigenvalue weighted by molar-refractivity contribution is -0.663. The van der Waals surface area contributed by atoms with Crippen LogP contribution in [0.2, 0.25) is 0 Å². The van der Waals surface area contributed by atoms with Crippen LogP contribution >= 0.6 is 0 Å². The number of esters is 1. The van der Waals surface area contributed by atoms with Crippen molar-refractivity contribution in [2.45, 2.75) is 198 Å². The highest BCUT2D eigenvalue weighted by atomic mass is 19.4. The molecule has 48 heteroatoms. The number of carbonyl (C=O) groups is 9. The molecule has 6 aliphatic rings. The van der Waals surface area contributed by atoms with Crippen LogP contribution in [-0.4, -0.2) is 341 Å². The zero-order valence-electron chi connectivity index (χ0n) is 58.7. The number of halogens is 6. The molecule has 4 saturated heterocycles. The number of ether oxygens (including phenoxy) is 6. The summed E-state index contributed by atoms with van der Waals surface area (Å²) in [5.41, 5.74) is 13.0. The SMILES string of the molecule is CC(C)CC(=O)O[C@@H]1[C@H](O)[C@@H](O[C@H]2[C@H](O)[C@H](O)[C@@H](Oc3ccc(C[C@H]4NC(=O)[C@H]([C@@H](C)c5ccccc5)NC(=O)CNC(=O)[C@H](CO)NC(=O)[C@@H]([C@@H](O)[C@@H]5CNC(N)=[N+]5[C@H]5O[C@H](CO)[C@@H](O)[C@H](O)[C@@H]5O)NC(=O)[C@H]([C@@H](O)[C@@H]5CNC(N)=[NH+]5)NC4=O)cc3)O[C@@H]2CO)O[C@H](CO)[C@H]1O.O=C([O-])C(F)(F)F.O=C([O-])C(F)(F)F. The van der Waals surface area contributed by atoms with E-state index in [0.717, 1.165) is 4.58 Å². The lowest BCUT2D eigenvalue weighted by atomic mass is 9.92. The molecular formula is C63H88F6N12O30. The Bertz CT molecular complexity index is 3550. The molecule has 6 heterocycles. The fraction of sp³-hybridized carbons (Fsp3) is 0.635. The van der Waals surface area contributed by atoms with Crippen LogP contribution in [0.1, 0.15) is 44.2 Å². The molecule has 2 aromatic rings. The average molecular weight is 1610 g/mol. The first-order chi connectivity index (χ1) is 52.0. The number of benzene rings is 2. The Kier molecular flexibility index (Phi) is 32.6. The number of aliphatic hydroxyl groups excluding tert-OH is 13. The Labute approximate surface area is 623 Å². The highest BCUT2D eigenvalue weighted by Crippen LogP contribution is 2.33. The molecule has 0 unspecified atom stereocenters. The molecule has 0 saturated carbocycles. The quantitative estimate of drug-likeness (QED) is 0.0332. The van der Waals surface area contributed by atoms with Gasteiger partial charge in [0.15, 0.2) is 12.4 Å². The molecule has 622 valence electrons. The van der Waals surface area contributed by atoms with Gasteiger partial charge in [0.2, 0.25) is 48.0 Å². The van der Waals surface area contributed by atoms with Crippen LogP contribution in [0.5, 0.6) is 5.75 Å². The molecule has 4 fully saturated rings. The number of carboxylic acids is 2. The van der Waals surface area contributed by atoms with Crippen molar-refractivity contribution in [3.8, 4) is 5.75 Å². The van der Waals surface area contributed by atoms with E-state index in [1.165, 1.54) is 24.3 Å². The largest absolute Gasteiger partial charge is 0.542 e. The van der Waals surface area contributed by atoms with E-state index < -0.39 is 264 Å². The predicted octanol–water partition coefficient (Wildman–Crippen LogP) is -16.0. The molecule has 42 nitrogen and oxygen atoms in total. The maximum atomic E-state index is 15.2. The van der Waals surface area contributed by atoms with Gasteiger partial charge in [-0.1, -0.05) is 63.2 Å². The summed E-state index contributed by atoms with van der Waals surface area (Å²) in [5.74, 6) is -15.7. The number of nitrogens with zero attached hydrogens (tertiary/aromatic N) is 1. The van der Waals surface area contributed by atoms with E-state index in [2.05, 4.69) is 47.5 Å². The van der Waals surface area contributed by atoms with Gasteiger partial charge in [0.1, 0.15) is 146 Å².